The van der Waals surface area contributed by atoms with Crippen molar-refractivity contribution in [3.63, 3.8) is 0 Å². The van der Waals surface area contributed by atoms with Crippen LogP contribution in [0.2, 0.25) is 0 Å². The SMILES string of the molecule is CC(F)(F)Oc1ccc(NC(=O)c2cnc(N3CCCC3)c(-c3ccns3)c2)cc1. The van der Waals surface area contributed by atoms with Crippen LogP contribution in [0, 0.1) is 0 Å². The second-order valence-electron chi connectivity index (χ2n) is 7.05. The number of carbonyl (C=O) groups excluding carboxylic acids is 1. The van der Waals surface area contributed by atoms with Gasteiger partial charge < -0.3 is 15.0 Å². The number of amides is 1. The fraction of sp³-hybridized carbons (Fsp3) is 0.286. The quantitative estimate of drug-likeness (QED) is 0.593. The molecule has 0 unspecified atom stereocenters. The molecule has 0 saturated carbocycles. The lowest BCUT2D eigenvalue weighted by atomic mass is 10.1. The zero-order chi connectivity index (χ0) is 21.1. The Morgan fingerprint density at radius 2 is 1.93 bits per heavy atom. The molecule has 2 aromatic heterocycles. The second-order valence-corrected chi connectivity index (χ2v) is 7.89. The standard InChI is InChI=1S/C21H20F2N4O2S/c1-21(22,23)29-16-6-4-15(5-7-16)26-20(28)14-12-17(18-8-9-25-30-18)19(24-13-14)27-10-2-3-11-27/h4-9,12-13H,2-3,10-11H2,1H3,(H,26,28). The van der Waals surface area contributed by atoms with E-state index in [1.165, 1.54) is 35.8 Å². The van der Waals surface area contributed by atoms with Crippen molar-refractivity contribution in [1.82, 2.24) is 9.36 Å². The highest BCUT2D eigenvalue weighted by atomic mass is 32.1. The fourth-order valence-electron chi connectivity index (χ4n) is 3.32. The number of alkyl halides is 2. The minimum absolute atomic E-state index is 0.0182. The molecule has 3 aromatic rings. The third-order valence-corrected chi connectivity index (χ3v) is 5.43. The smallest absolute Gasteiger partial charge is 0.394 e. The summed E-state index contributed by atoms with van der Waals surface area (Å²) < 4.78 is 34.5. The van der Waals surface area contributed by atoms with Gasteiger partial charge in [0.05, 0.1) is 10.4 Å². The van der Waals surface area contributed by atoms with Gasteiger partial charge in [-0.1, -0.05) is 0 Å². The molecule has 0 radical (unpaired) electrons. The lowest BCUT2D eigenvalue weighted by Crippen LogP contribution is -2.21. The summed E-state index contributed by atoms with van der Waals surface area (Å²) in [6.07, 6.45) is 2.26. The molecule has 0 bridgehead atoms. The molecule has 0 spiro atoms. The average molecular weight is 430 g/mol. The van der Waals surface area contributed by atoms with Crippen LogP contribution in [0.1, 0.15) is 30.1 Å². The van der Waals surface area contributed by atoms with Gasteiger partial charge in [0.25, 0.3) is 5.91 Å². The number of hydrogen-bond acceptors (Lipinski definition) is 6. The third-order valence-electron chi connectivity index (χ3n) is 4.65. The molecular formula is C21H20F2N4O2S. The molecule has 4 rings (SSSR count). The normalized spacial score (nSPS) is 14.0. The number of pyridine rings is 1. The molecule has 156 valence electrons. The van der Waals surface area contributed by atoms with Crippen LogP contribution in [0.4, 0.5) is 20.3 Å². The van der Waals surface area contributed by atoms with Crippen molar-refractivity contribution in [3.8, 4) is 16.2 Å². The Bertz CT molecular complexity index is 1010. The van der Waals surface area contributed by atoms with Gasteiger partial charge in [0.15, 0.2) is 0 Å². The van der Waals surface area contributed by atoms with E-state index in [4.69, 9.17) is 0 Å². The van der Waals surface area contributed by atoms with E-state index >= 15 is 0 Å². The topological polar surface area (TPSA) is 67.3 Å². The van der Waals surface area contributed by atoms with Gasteiger partial charge in [0, 0.05) is 43.7 Å². The highest BCUT2D eigenvalue weighted by molar-refractivity contribution is 7.09. The zero-order valence-corrected chi connectivity index (χ0v) is 17.1. The van der Waals surface area contributed by atoms with Gasteiger partial charge >= 0.3 is 6.11 Å². The molecule has 1 amide bonds. The van der Waals surface area contributed by atoms with E-state index in [0.29, 0.717) is 18.2 Å². The molecule has 9 heteroatoms. The Labute approximate surface area is 176 Å². The molecule has 1 aliphatic rings. The zero-order valence-electron chi connectivity index (χ0n) is 16.3. The van der Waals surface area contributed by atoms with Gasteiger partial charge in [0.1, 0.15) is 11.6 Å². The van der Waals surface area contributed by atoms with Crippen LogP contribution in [-0.2, 0) is 0 Å². The Hall–Kier alpha value is -3.07. The summed E-state index contributed by atoms with van der Waals surface area (Å²) in [5.74, 6) is 0.538. The number of carbonyl (C=O) groups is 1. The van der Waals surface area contributed by atoms with Gasteiger partial charge in [0.2, 0.25) is 0 Å². The highest BCUT2D eigenvalue weighted by Gasteiger charge is 2.23. The second kappa shape index (κ2) is 8.35. The highest BCUT2D eigenvalue weighted by Crippen LogP contribution is 2.34. The summed E-state index contributed by atoms with van der Waals surface area (Å²) in [6.45, 7) is 2.55. The Morgan fingerprint density at radius 3 is 2.57 bits per heavy atom. The van der Waals surface area contributed by atoms with E-state index in [0.717, 1.165) is 42.2 Å². The molecule has 3 heterocycles. The minimum atomic E-state index is -3.26. The van der Waals surface area contributed by atoms with Crippen LogP contribution in [0.15, 0.2) is 48.8 Å². The lowest BCUT2D eigenvalue weighted by molar-refractivity contribution is -0.158. The largest absolute Gasteiger partial charge is 0.433 e. The molecule has 30 heavy (non-hydrogen) atoms. The summed E-state index contributed by atoms with van der Waals surface area (Å²) in [7, 11) is 0. The molecule has 1 aliphatic heterocycles. The summed E-state index contributed by atoms with van der Waals surface area (Å²) in [5.41, 5.74) is 1.75. The monoisotopic (exact) mass is 430 g/mol. The number of halogens is 2. The van der Waals surface area contributed by atoms with Crippen molar-refractivity contribution >= 4 is 28.9 Å². The first kappa shape index (κ1) is 20.2. The summed E-state index contributed by atoms with van der Waals surface area (Å²) in [5, 5.41) is 2.76. The molecule has 6 nitrogen and oxygen atoms in total. The first-order chi connectivity index (χ1) is 14.4. The maximum atomic E-state index is 12.9. The molecular weight excluding hydrogens is 410 g/mol. The van der Waals surface area contributed by atoms with E-state index in [1.54, 1.807) is 12.4 Å². The Balaban J connectivity index is 1.55. The molecule has 1 aromatic carbocycles. The third kappa shape index (κ3) is 4.73. The fourth-order valence-corrected chi connectivity index (χ4v) is 3.92. The van der Waals surface area contributed by atoms with E-state index < -0.39 is 6.11 Å². The van der Waals surface area contributed by atoms with Crippen LogP contribution >= 0.6 is 11.5 Å². The molecule has 0 atom stereocenters. The van der Waals surface area contributed by atoms with Crippen molar-refractivity contribution in [2.45, 2.75) is 25.9 Å². The number of benzene rings is 1. The maximum absolute atomic E-state index is 12.9. The van der Waals surface area contributed by atoms with E-state index in [9.17, 15) is 13.6 Å². The van der Waals surface area contributed by atoms with Crippen LogP contribution < -0.4 is 15.0 Å². The van der Waals surface area contributed by atoms with E-state index in [-0.39, 0.29) is 11.7 Å². The predicted molar refractivity (Wildman–Crippen MR) is 112 cm³/mol. The van der Waals surface area contributed by atoms with Crippen LogP contribution in [-0.4, -0.2) is 34.5 Å². The number of hydrogen-bond donors (Lipinski definition) is 1. The number of nitrogens with zero attached hydrogens (tertiary/aromatic N) is 3. The van der Waals surface area contributed by atoms with Crippen molar-refractivity contribution in [2.24, 2.45) is 0 Å². The molecule has 1 N–H and O–H groups in total. The number of ether oxygens (including phenoxy) is 1. The lowest BCUT2D eigenvalue weighted by Gasteiger charge is -2.20. The predicted octanol–water partition coefficient (Wildman–Crippen LogP) is 5.05. The van der Waals surface area contributed by atoms with Crippen molar-refractivity contribution in [2.75, 3.05) is 23.3 Å². The number of anilines is 2. The number of aromatic nitrogens is 2. The molecule has 1 saturated heterocycles. The van der Waals surface area contributed by atoms with Gasteiger partial charge in [-0.05, 0) is 60.8 Å². The maximum Gasteiger partial charge on any atom is 0.394 e. The summed E-state index contributed by atoms with van der Waals surface area (Å²) in [6, 6.07) is 9.50. The average Bonchev–Trinajstić information content (AvgIpc) is 3.42. The number of nitrogens with one attached hydrogen (secondary N) is 1. The summed E-state index contributed by atoms with van der Waals surface area (Å²) >= 11 is 1.36. The van der Waals surface area contributed by atoms with Crippen molar-refractivity contribution < 1.29 is 18.3 Å². The van der Waals surface area contributed by atoms with E-state index in [2.05, 4.69) is 24.3 Å². The van der Waals surface area contributed by atoms with Gasteiger partial charge in [-0.2, -0.15) is 8.78 Å². The first-order valence-corrected chi connectivity index (χ1v) is 10.3. The van der Waals surface area contributed by atoms with Gasteiger partial charge in [-0.25, -0.2) is 9.36 Å². The minimum Gasteiger partial charge on any atom is -0.433 e. The van der Waals surface area contributed by atoms with Crippen LogP contribution in [0.3, 0.4) is 0 Å². The van der Waals surface area contributed by atoms with Crippen LogP contribution in [0.25, 0.3) is 10.4 Å². The first-order valence-electron chi connectivity index (χ1n) is 9.53. The molecule has 0 aliphatic carbocycles. The van der Waals surface area contributed by atoms with Gasteiger partial charge in [-0.3, -0.25) is 4.79 Å². The van der Waals surface area contributed by atoms with Crippen molar-refractivity contribution in [1.29, 1.82) is 0 Å². The van der Waals surface area contributed by atoms with Gasteiger partial charge in [-0.15, -0.1) is 0 Å². The van der Waals surface area contributed by atoms with Crippen LogP contribution in [0.5, 0.6) is 5.75 Å². The summed E-state index contributed by atoms with van der Waals surface area (Å²) in [4.78, 5) is 20.5. The molecule has 1 fully saturated rings. The number of rotatable bonds is 6. The Kier molecular flexibility index (Phi) is 5.63. The van der Waals surface area contributed by atoms with Crippen molar-refractivity contribution in [3.05, 3.63) is 54.4 Å². The van der Waals surface area contributed by atoms with E-state index in [1.807, 2.05) is 12.1 Å². The Morgan fingerprint density at radius 1 is 1.20 bits per heavy atom.